The second-order valence-electron chi connectivity index (χ2n) is 5.00. The first kappa shape index (κ1) is 18.6. The molecule has 0 aliphatic rings. The SMILES string of the molecule is CN=C(NCc1cc(F)ccc1F)NCc1ccccc1OC(F)F. The van der Waals surface area contributed by atoms with Gasteiger partial charge < -0.3 is 15.4 Å². The van der Waals surface area contributed by atoms with Crippen LogP contribution in [-0.2, 0) is 13.1 Å². The molecule has 0 aliphatic carbocycles. The van der Waals surface area contributed by atoms with E-state index >= 15 is 0 Å². The molecule has 0 aliphatic heterocycles. The van der Waals surface area contributed by atoms with Gasteiger partial charge in [0.25, 0.3) is 0 Å². The van der Waals surface area contributed by atoms with Crippen LogP contribution in [0.2, 0.25) is 0 Å². The zero-order valence-corrected chi connectivity index (χ0v) is 13.4. The van der Waals surface area contributed by atoms with Crippen molar-refractivity contribution >= 4 is 5.96 Å². The lowest BCUT2D eigenvalue weighted by Crippen LogP contribution is -2.36. The quantitative estimate of drug-likeness (QED) is 0.474. The van der Waals surface area contributed by atoms with E-state index in [1.165, 1.54) is 13.1 Å². The topological polar surface area (TPSA) is 45.7 Å². The number of alkyl halides is 2. The predicted octanol–water partition coefficient (Wildman–Crippen LogP) is 3.43. The second kappa shape index (κ2) is 8.91. The van der Waals surface area contributed by atoms with Gasteiger partial charge in [0.1, 0.15) is 17.4 Å². The van der Waals surface area contributed by atoms with Gasteiger partial charge in [-0.15, -0.1) is 0 Å². The molecule has 0 bridgehead atoms. The summed E-state index contributed by atoms with van der Waals surface area (Å²) in [6.07, 6.45) is 0. The number of halogens is 4. The zero-order valence-electron chi connectivity index (χ0n) is 13.4. The summed E-state index contributed by atoms with van der Waals surface area (Å²) in [5.41, 5.74) is 0.645. The first-order valence-corrected chi connectivity index (χ1v) is 7.40. The maximum absolute atomic E-state index is 13.6. The van der Waals surface area contributed by atoms with Crippen LogP contribution < -0.4 is 15.4 Å². The van der Waals surface area contributed by atoms with E-state index in [9.17, 15) is 17.6 Å². The van der Waals surface area contributed by atoms with Gasteiger partial charge in [-0.3, -0.25) is 4.99 Å². The first-order valence-electron chi connectivity index (χ1n) is 7.40. The number of ether oxygens (including phenoxy) is 1. The Morgan fingerprint density at radius 2 is 1.72 bits per heavy atom. The molecular formula is C17H17F4N3O. The van der Waals surface area contributed by atoms with Crippen molar-refractivity contribution in [1.29, 1.82) is 0 Å². The van der Waals surface area contributed by atoms with E-state index < -0.39 is 18.2 Å². The lowest BCUT2D eigenvalue weighted by atomic mass is 10.2. The molecule has 0 aromatic heterocycles. The summed E-state index contributed by atoms with van der Waals surface area (Å²) in [4.78, 5) is 3.95. The molecule has 4 nitrogen and oxygen atoms in total. The summed E-state index contributed by atoms with van der Waals surface area (Å²) in [5, 5.41) is 5.73. The number of benzene rings is 2. The lowest BCUT2D eigenvalue weighted by molar-refractivity contribution is -0.0504. The first-order chi connectivity index (χ1) is 12.0. The predicted molar refractivity (Wildman–Crippen MR) is 86.5 cm³/mol. The molecule has 2 aromatic carbocycles. The van der Waals surface area contributed by atoms with Crippen molar-refractivity contribution in [2.75, 3.05) is 7.05 Å². The van der Waals surface area contributed by atoms with Crippen LogP contribution >= 0.6 is 0 Å². The van der Waals surface area contributed by atoms with Gasteiger partial charge in [0.2, 0.25) is 0 Å². The van der Waals surface area contributed by atoms with E-state index in [0.29, 0.717) is 11.5 Å². The number of nitrogens with one attached hydrogen (secondary N) is 2. The Bertz CT molecular complexity index is 738. The number of rotatable bonds is 6. The van der Waals surface area contributed by atoms with Gasteiger partial charge in [-0.25, -0.2) is 8.78 Å². The molecule has 8 heteroatoms. The maximum Gasteiger partial charge on any atom is 0.387 e. The maximum atomic E-state index is 13.6. The smallest absolute Gasteiger partial charge is 0.387 e. The van der Waals surface area contributed by atoms with Gasteiger partial charge in [0.15, 0.2) is 5.96 Å². The van der Waals surface area contributed by atoms with Crippen molar-refractivity contribution in [3.63, 3.8) is 0 Å². The zero-order chi connectivity index (χ0) is 18.2. The minimum absolute atomic E-state index is 0.0123. The molecular weight excluding hydrogens is 338 g/mol. The average molecular weight is 355 g/mol. The molecule has 0 spiro atoms. The highest BCUT2D eigenvalue weighted by molar-refractivity contribution is 5.79. The molecule has 0 amide bonds. The van der Waals surface area contributed by atoms with Crippen LogP contribution in [0, 0.1) is 11.6 Å². The summed E-state index contributed by atoms with van der Waals surface area (Å²) < 4.78 is 56.0. The highest BCUT2D eigenvalue weighted by atomic mass is 19.3. The van der Waals surface area contributed by atoms with Crippen LogP contribution in [0.3, 0.4) is 0 Å². The second-order valence-corrected chi connectivity index (χ2v) is 5.00. The van der Waals surface area contributed by atoms with Gasteiger partial charge >= 0.3 is 6.61 Å². The normalized spacial score (nSPS) is 11.5. The summed E-state index contributed by atoms with van der Waals surface area (Å²) in [6, 6.07) is 9.49. The largest absolute Gasteiger partial charge is 0.434 e. The summed E-state index contributed by atoms with van der Waals surface area (Å²) in [6.45, 7) is -2.75. The Morgan fingerprint density at radius 3 is 2.40 bits per heavy atom. The molecule has 0 saturated carbocycles. The van der Waals surface area contributed by atoms with Gasteiger partial charge in [0, 0.05) is 31.3 Å². The third-order valence-electron chi connectivity index (χ3n) is 3.31. The standard InChI is InChI=1S/C17H17F4N3O/c1-22-17(24-10-12-8-13(18)6-7-14(12)19)23-9-11-4-2-3-5-15(11)25-16(20)21/h2-8,16H,9-10H2,1H3,(H2,22,23,24). The van der Waals surface area contributed by atoms with Gasteiger partial charge in [-0.1, -0.05) is 18.2 Å². The monoisotopic (exact) mass is 355 g/mol. The van der Waals surface area contributed by atoms with Crippen LogP contribution in [0.15, 0.2) is 47.5 Å². The van der Waals surface area contributed by atoms with E-state index in [1.54, 1.807) is 18.2 Å². The summed E-state index contributed by atoms with van der Waals surface area (Å²) in [5.74, 6) is -0.730. The molecule has 0 atom stereocenters. The number of nitrogens with zero attached hydrogens (tertiary/aromatic N) is 1. The van der Waals surface area contributed by atoms with Crippen molar-refractivity contribution in [2.45, 2.75) is 19.7 Å². The third-order valence-corrected chi connectivity index (χ3v) is 3.31. The number of para-hydroxylation sites is 1. The minimum Gasteiger partial charge on any atom is -0.434 e. The number of guanidine groups is 1. The third kappa shape index (κ3) is 5.66. The van der Waals surface area contributed by atoms with Crippen LogP contribution in [-0.4, -0.2) is 19.6 Å². The highest BCUT2D eigenvalue weighted by Gasteiger charge is 2.10. The van der Waals surface area contributed by atoms with E-state index in [1.807, 2.05) is 0 Å². The molecule has 2 aromatic rings. The van der Waals surface area contributed by atoms with Crippen LogP contribution in [0.1, 0.15) is 11.1 Å². The van der Waals surface area contributed by atoms with Gasteiger partial charge in [0.05, 0.1) is 0 Å². The fourth-order valence-corrected chi connectivity index (χ4v) is 2.12. The van der Waals surface area contributed by atoms with Crippen molar-refractivity contribution in [3.05, 3.63) is 65.2 Å². The van der Waals surface area contributed by atoms with Crippen LogP contribution in [0.5, 0.6) is 5.75 Å². The summed E-state index contributed by atoms with van der Waals surface area (Å²) in [7, 11) is 1.50. The van der Waals surface area contributed by atoms with E-state index in [2.05, 4.69) is 20.4 Å². The van der Waals surface area contributed by atoms with Gasteiger partial charge in [-0.05, 0) is 24.3 Å². The van der Waals surface area contributed by atoms with Crippen molar-refractivity contribution in [1.82, 2.24) is 10.6 Å². The summed E-state index contributed by atoms with van der Waals surface area (Å²) >= 11 is 0. The molecule has 2 N–H and O–H groups in total. The molecule has 0 saturated heterocycles. The molecule has 0 radical (unpaired) electrons. The van der Waals surface area contributed by atoms with Gasteiger partial charge in [-0.2, -0.15) is 8.78 Å². The lowest BCUT2D eigenvalue weighted by Gasteiger charge is -2.14. The molecule has 0 heterocycles. The Morgan fingerprint density at radius 1 is 1.04 bits per heavy atom. The molecule has 0 unspecified atom stereocenters. The van der Waals surface area contributed by atoms with Crippen LogP contribution in [0.4, 0.5) is 17.6 Å². The van der Waals surface area contributed by atoms with E-state index in [4.69, 9.17) is 0 Å². The fraction of sp³-hybridized carbons (Fsp3) is 0.235. The number of hydrogen-bond acceptors (Lipinski definition) is 2. The molecule has 2 rings (SSSR count). The fourth-order valence-electron chi connectivity index (χ4n) is 2.12. The number of aliphatic imine (C=N–C) groups is 1. The molecule has 25 heavy (non-hydrogen) atoms. The highest BCUT2D eigenvalue weighted by Crippen LogP contribution is 2.19. The van der Waals surface area contributed by atoms with Crippen molar-refractivity contribution in [2.24, 2.45) is 4.99 Å². The Kier molecular flexibility index (Phi) is 6.62. The molecule has 134 valence electrons. The van der Waals surface area contributed by atoms with Crippen molar-refractivity contribution in [3.8, 4) is 5.75 Å². The van der Waals surface area contributed by atoms with Crippen molar-refractivity contribution < 1.29 is 22.3 Å². The van der Waals surface area contributed by atoms with Crippen LogP contribution in [0.25, 0.3) is 0 Å². The molecule has 0 fully saturated rings. The average Bonchev–Trinajstić information content (AvgIpc) is 2.58. The Hall–Kier alpha value is -2.77. The van der Waals surface area contributed by atoms with E-state index in [-0.39, 0.29) is 24.4 Å². The number of hydrogen-bond donors (Lipinski definition) is 2. The Balaban J connectivity index is 1.96. The van der Waals surface area contributed by atoms with E-state index in [0.717, 1.165) is 18.2 Å². The Labute approximate surface area is 142 Å². The minimum atomic E-state index is -2.92.